The minimum absolute atomic E-state index is 0.375. The van der Waals surface area contributed by atoms with Gasteiger partial charge in [0.25, 0.3) is 0 Å². The Morgan fingerprint density at radius 3 is 2.80 bits per heavy atom. The number of likely N-dealkylation sites (tertiary alicyclic amines) is 1. The second-order valence-electron chi connectivity index (χ2n) is 5.32. The van der Waals surface area contributed by atoms with E-state index in [0.717, 1.165) is 44.7 Å². The van der Waals surface area contributed by atoms with E-state index in [2.05, 4.69) is 4.90 Å². The number of nitrogens with two attached hydrogens (primary N) is 1. The number of piperidine rings is 1. The summed E-state index contributed by atoms with van der Waals surface area (Å²) in [6.07, 6.45) is 3.56. The van der Waals surface area contributed by atoms with Crippen LogP contribution in [-0.2, 0) is 4.74 Å². The maximum absolute atomic E-state index is 5.88. The summed E-state index contributed by atoms with van der Waals surface area (Å²) in [5.74, 6) is 0.945. The lowest BCUT2D eigenvalue weighted by molar-refractivity contribution is 0.0119. The number of benzene rings is 1. The Morgan fingerprint density at radius 1 is 1.30 bits per heavy atom. The lowest BCUT2D eigenvalue weighted by atomic mass is 9.99. The fourth-order valence-electron chi connectivity index (χ4n) is 2.79. The lowest BCUT2D eigenvalue weighted by Crippen LogP contribution is -2.48. The molecule has 4 nitrogen and oxygen atoms in total. The van der Waals surface area contributed by atoms with Gasteiger partial charge in [-0.3, -0.25) is 4.90 Å². The van der Waals surface area contributed by atoms with Gasteiger partial charge in [0.15, 0.2) is 0 Å². The Bertz CT molecular complexity index is 372. The summed E-state index contributed by atoms with van der Waals surface area (Å²) < 4.78 is 11.2. The Hall–Kier alpha value is -1.10. The quantitative estimate of drug-likeness (QED) is 0.774. The van der Waals surface area contributed by atoms with Crippen molar-refractivity contribution in [2.75, 3.05) is 33.4 Å². The van der Waals surface area contributed by atoms with E-state index in [4.69, 9.17) is 15.2 Å². The molecule has 1 aromatic carbocycles. The summed E-state index contributed by atoms with van der Waals surface area (Å²) >= 11 is 0. The van der Waals surface area contributed by atoms with Crippen LogP contribution in [0.1, 0.15) is 19.3 Å². The third kappa shape index (κ3) is 4.47. The van der Waals surface area contributed by atoms with Gasteiger partial charge in [-0.05, 0) is 31.4 Å². The molecule has 4 heteroatoms. The molecule has 0 aliphatic carbocycles. The maximum Gasteiger partial charge on any atom is 0.119 e. The van der Waals surface area contributed by atoms with E-state index in [0.29, 0.717) is 18.7 Å². The molecule has 0 spiro atoms. The number of ether oxygens (including phenoxy) is 2. The molecule has 20 heavy (non-hydrogen) atoms. The SMILES string of the molecule is COC1CCN(CCCOc2ccccc2)C(CN)C1. The topological polar surface area (TPSA) is 47.7 Å². The molecule has 2 unspecified atom stereocenters. The minimum atomic E-state index is 0.375. The zero-order valence-corrected chi connectivity index (χ0v) is 12.3. The van der Waals surface area contributed by atoms with E-state index in [9.17, 15) is 0 Å². The molecule has 1 fully saturated rings. The number of nitrogens with zero attached hydrogens (tertiary/aromatic N) is 1. The molecular formula is C16H26N2O2. The normalized spacial score (nSPS) is 23.7. The van der Waals surface area contributed by atoms with E-state index >= 15 is 0 Å². The molecule has 112 valence electrons. The highest BCUT2D eigenvalue weighted by atomic mass is 16.5. The first-order chi connectivity index (χ1) is 9.83. The molecule has 1 aliphatic rings. The van der Waals surface area contributed by atoms with Gasteiger partial charge < -0.3 is 15.2 Å². The molecule has 1 aliphatic heterocycles. The highest BCUT2D eigenvalue weighted by Gasteiger charge is 2.26. The molecule has 2 N–H and O–H groups in total. The summed E-state index contributed by atoms with van der Waals surface area (Å²) in [6, 6.07) is 10.4. The zero-order valence-electron chi connectivity index (χ0n) is 12.3. The van der Waals surface area contributed by atoms with Crippen LogP contribution in [0.25, 0.3) is 0 Å². The molecule has 0 radical (unpaired) electrons. The number of para-hydroxylation sites is 1. The van der Waals surface area contributed by atoms with Gasteiger partial charge in [0.2, 0.25) is 0 Å². The number of hydrogen-bond donors (Lipinski definition) is 1. The first-order valence-corrected chi connectivity index (χ1v) is 7.48. The van der Waals surface area contributed by atoms with Gasteiger partial charge in [0.05, 0.1) is 12.7 Å². The van der Waals surface area contributed by atoms with Gasteiger partial charge >= 0.3 is 0 Å². The molecule has 2 rings (SSSR count). The fraction of sp³-hybridized carbons (Fsp3) is 0.625. The van der Waals surface area contributed by atoms with Crippen LogP contribution in [0.4, 0.5) is 0 Å². The molecule has 1 aromatic rings. The molecule has 0 aromatic heterocycles. The fourth-order valence-corrected chi connectivity index (χ4v) is 2.79. The monoisotopic (exact) mass is 278 g/mol. The highest BCUT2D eigenvalue weighted by molar-refractivity contribution is 5.20. The van der Waals surface area contributed by atoms with Crippen molar-refractivity contribution in [3.05, 3.63) is 30.3 Å². The van der Waals surface area contributed by atoms with Crippen LogP contribution < -0.4 is 10.5 Å². The van der Waals surface area contributed by atoms with Crippen molar-refractivity contribution in [2.24, 2.45) is 5.73 Å². The average molecular weight is 278 g/mol. The van der Waals surface area contributed by atoms with E-state index in [1.165, 1.54) is 0 Å². The Labute approximate surface area is 121 Å². The van der Waals surface area contributed by atoms with Crippen molar-refractivity contribution in [3.63, 3.8) is 0 Å². The Balaban J connectivity index is 1.68. The van der Waals surface area contributed by atoms with Crippen LogP contribution in [-0.4, -0.2) is 50.4 Å². The smallest absolute Gasteiger partial charge is 0.119 e. The highest BCUT2D eigenvalue weighted by Crippen LogP contribution is 2.19. The summed E-state index contributed by atoms with van der Waals surface area (Å²) in [5, 5.41) is 0. The third-order valence-electron chi connectivity index (χ3n) is 4.00. The maximum atomic E-state index is 5.88. The predicted octanol–water partition coefficient (Wildman–Crippen LogP) is 1.89. The van der Waals surface area contributed by atoms with Gasteiger partial charge in [-0.15, -0.1) is 0 Å². The summed E-state index contributed by atoms with van der Waals surface area (Å²) in [6.45, 7) is 3.59. The van der Waals surface area contributed by atoms with Crippen molar-refractivity contribution >= 4 is 0 Å². The molecule has 2 atom stereocenters. The standard InChI is InChI=1S/C16H26N2O2/c1-19-16-8-10-18(14(12-16)13-17)9-5-11-20-15-6-3-2-4-7-15/h2-4,6-7,14,16H,5,8-13,17H2,1H3. The number of hydrogen-bond acceptors (Lipinski definition) is 4. The minimum Gasteiger partial charge on any atom is -0.494 e. The molecule has 0 saturated carbocycles. The van der Waals surface area contributed by atoms with Crippen molar-refractivity contribution in [1.29, 1.82) is 0 Å². The summed E-state index contributed by atoms with van der Waals surface area (Å²) in [7, 11) is 1.79. The van der Waals surface area contributed by atoms with Crippen LogP contribution in [0.3, 0.4) is 0 Å². The van der Waals surface area contributed by atoms with Crippen LogP contribution >= 0.6 is 0 Å². The van der Waals surface area contributed by atoms with E-state index in [-0.39, 0.29) is 0 Å². The van der Waals surface area contributed by atoms with Gasteiger partial charge in [-0.25, -0.2) is 0 Å². The van der Waals surface area contributed by atoms with Gasteiger partial charge in [-0.2, -0.15) is 0 Å². The molecule has 0 amide bonds. The van der Waals surface area contributed by atoms with Crippen LogP contribution in [0, 0.1) is 0 Å². The van der Waals surface area contributed by atoms with Crippen molar-refractivity contribution < 1.29 is 9.47 Å². The molecular weight excluding hydrogens is 252 g/mol. The Morgan fingerprint density at radius 2 is 2.10 bits per heavy atom. The number of rotatable bonds is 7. The predicted molar refractivity (Wildman–Crippen MR) is 81.0 cm³/mol. The van der Waals surface area contributed by atoms with Gasteiger partial charge in [-0.1, -0.05) is 18.2 Å². The van der Waals surface area contributed by atoms with E-state index in [1.54, 1.807) is 7.11 Å². The average Bonchev–Trinajstić information content (AvgIpc) is 2.52. The van der Waals surface area contributed by atoms with E-state index < -0.39 is 0 Å². The number of methoxy groups -OCH3 is 1. The van der Waals surface area contributed by atoms with E-state index in [1.807, 2.05) is 30.3 Å². The Kier molecular flexibility index (Phi) is 6.30. The van der Waals surface area contributed by atoms with Crippen molar-refractivity contribution in [3.8, 4) is 5.75 Å². The molecule has 0 bridgehead atoms. The van der Waals surface area contributed by atoms with Crippen molar-refractivity contribution in [2.45, 2.75) is 31.4 Å². The van der Waals surface area contributed by atoms with Crippen LogP contribution in [0.15, 0.2) is 30.3 Å². The third-order valence-corrected chi connectivity index (χ3v) is 4.00. The second-order valence-corrected chi connectivity index (χ2v) is 5.32. The zero-order chi connectivity index (χ0) is 14.2. The molecule has 1 saturated heterocycles. The first-order valence-electron chi connectivity index (χ1n) is 7.48. The van der Waals surface area contributed by atoms with Crippen molar-refractivity contribution in [1.82, 2.24) is 4.90 Å². The van der Waals surface area contributed by atoms with Gasteiger partial charge in [0.1, 0.15) is 5.75 Å². The van der Waals surface area contributed by atoms with Gasteiger partial charge in [0, 0.05) is 32.8 Å². The second kappa shape index (κ2) is 8.25. The van der Waals surface area contributed by atoms with Crippen LogP contribution in [0.5, 0.6) is 5.75 Å². The lowest BCUT2D eigenvalue weighted by Gasteiger charge is -2.38. The first kappa shape index (κ1) is 15.3. The summed E-state index contributed by atoms with van der Waals surface area (Å²) in [4.78, 5) is 2.48. The molecule has 1 heterocycles. The summed E-state index contributed by atoms with van der Waals surface area (Å²) in [5.41, 5.74) is 5.88. The largest absolute Gasteiger partial charge is 0.494 e. The van der Waals surface area contributed by atoms with Crippen LogP contribution in [0.2, 0.25) is 0 Å².